The third kappa shape index (κ3) is 4.40. The summed E-state index contributed by atoms with van der Waals surface area (Å²) in [4.78, 5) is 1.20. The highest BCUT2D eigenvalue weighted by Gasteiger charge is 2.14. The minimum Gasteiger partial charge on any atom is -0.398 e. The molecule has 0 aliphatic heterocycles. The quantitative estimate of drug-likeness (QED) is 0.663. The van der Waals surface area contributed by atoms with Gasteiger partial charge in [0, 0.05) is 21.4 Å². The van der Waals surface area contributed by atoms with Gasteiger partial charge in [-0.05, 0) is 48.9 Å². The first kappa shape index (κ1) is 16.2. The number of hydrogen-bond acceptors (Lipinski definition) is 4. The van der Waals surface area contributed by atoms with Gasteiger partial charge in [-0.3, -0.25) is 0 Å². The molecule has 0 aromatic heterocycles. The molecule has 2 aromatic rings. The van der Waals surface area contributed by atoms with Crippen LogP contribution in [0.25, 0.3) is 0 Å². The number of nitrogen functional groups attached to an aromatic ring is 1. The van der Waals surface area contributed by atoms with E-state index in [0.29, 0.717) is 21.4 Å². The molecule has 2 aromatic carbocycles. The van der Waals surface area contributed by atoms with Crippen LogP contribution in [0.15, 0.2) is 52.3 Å². The van der Waals surface area contributed by atoms with Crippen LogP contribution in [-0.4, -0.2) is 19.9 Å². The second kappa shape index (κ2) is 6.73. The Bertz CT molecular complexity index is 728. The van der Waals surface area contributed by atoms with Crippen LogP contribution in [-0.2, 0) is 9.84 Å². The Kier molecular flexibility index (Phi) is 5.19. The molecule has 0 bridgehead atoms. The van der Waals surface area contributed by atoms with E-state index in [1.807, 2.05) is 25.1 Å². The zero-order valence-corrected chi connectivity index (χ0v) is 13.9. The van der Waals surface area contributed by atoms with Crippen molar-refractivity contribution in [3.63, 3.8) is 0 Å². The zero-order valence-electron chi connectivity index (χ0n) is 11.5. The fraction of sp³-hybridized carbons (Fsp3) is 0.200. The summed E-state index contributed by atoms with van der Waals surface area (Å²) in [5.74, 6) is 0.519. The molecule has 2 rings (SSSR count). The Labute approximate surface area is 134 Å². The predicted molar refractivity (Wildman–Crippen MR) is 89.8 cm³/mol. The van der Waals surface area contributed by atoms with Crippen LogP contribution >= 0.6 is 23.4 Å². The average Bonchev–Trinajstić information content (AvgIpc) is 2.41. The molecule has 2 N–H and O–H groups in total. The normalized spacial score (nSPS) is 11.5. The topological polar surface area (TPSA) is 60.2 Å². The maximum absolute atomic E-state index is 12.2. The lowest BCUT2D eigenvalue weighted by molar-refractivity contribution is 0.597. The first-order chi connectivity index (χ1) is 9.88. The van der Waals surface area contributed by atoms with Crippen molar-refractivity contribution in [2.24, 2.45) is 0 Å². The van der Waals surface area contributed by atoms with Gasteiger partial charge in [0.15, 0.2) is 9.84 Å². The molecular formula is C15H16ClNO2S2. The van der Waals surface area contributed by atoms with Crippen LogP contribution < -0.4 is 5.73 Å². The Morgan fingerprint density at radius 3 is 2.43 bits per heavy atom. The van der Waals surface area contributed by atoms with Gasteiger partial charge in [-0.15, -0.1) is 11.8 Å². The summed E-state index contributed by atoms with van der Waals surface area (Å²) in [6.45, 7) is 1.97. The van der Waals surface area contributed by atoms with Gasteiger partial charge in [-0.1, -0.05) is 17.7 Å². The van der Waals surface area contributed by atoms with E-state index < -0.39 is 9.84 Å². The van der Waals surface area contributed by atoms with E-state index in [9.17, 15) is 8.42 Å². The standard InChI is InChI=1S/C15H16ClNO2S2/c1-11-2-7-15(14(17)10-11)20-8-9-21(18,19)13-5-3-12(16)4-6-13/h2-7,10H,8-9,17H2,1H3. The molecule has 6 heteroatoms. The highest BCUT2D eigenvalue weighted by atomic mass is 35.5. The number of halogens is 1. The van der Waals surface area contributed by atoms with Crippen molar-refractivity contribution in [3.8, 4) is 0 Å². The van der Waals surface area contributed by atoms with Gasteiger partial charge < -0.3 is 5.73 Å². The molecule has 0 saturated carbocycles. The van der Waals surface area contributed by atoms with Crippen molar-refractivity contribution < 1.29 is 8.42 Å². The maximum Gasteiger partial charge on any atom is 0.179 e. The molecule has 0 aliphatic rings. The molecule has 0 aliphatic carbocycles. The zero-order chi connectivity index (χ0) is 15.5. The number of thioether (sulfide) groups is 1. The largest absolute Gasteiger partial charge is 0.398 e. The summed E-state index contributed by atoms with van der Waals surface area (Å²) >= 11 is 7.21. The van der Waals surface area contributed by atoms with E-state index in [-0.39, 0.29) is 5.75 Å². The second-order valence-corrected chi connectivity index (χ2v) is 8.34. The summed E-state index contributed by atoms with van der Waals surface area (Å²) in [6.07, 6.45) is 0. The summed E-state index contributed by atoms with van der Waals surface area (Å²) in [7, 11) is -3.29. The molecule has 0 amide bonds. The number of nitrogens with two attached hydrogens (primary N) is 1. The van der Waals surface area contributed by atoms with Gasteiger partial charge in [0.2, 0.25) is 0 Å². The van der Waals surface area contributed by atoms with E-state index in [1.165, 1.54) is 23.9 Å². The molecule has 0 saturated heterocycles. The van der Waals surface area contributed by atoms with Crippen molar-refractivity contribution >= 4 is 38.9 Å². The molecule has 21 heavy (non-hydrogen) atoms. The van der Waals surface area contributed by atoms with Gasteiger partial charge in [0.05, 0.1) is 10.6 Å². The number of benzene rings is 2. The molecule has 0 heterocycles. The number of sulfone groups is 1. The summed E-state index contributed by atoms with van der Waals surface area (Å²) in [5, 5.41) is 0.524. The lowest BCUT2D eigenvalue weighted by Crippen LogP contribution is -2.08. The smallest absolute Gasteiger partial charge is 0.179 e. The average molecular weight is 342 g/mol. The summed E-state index contributed by atoms with van der Waals surface area (Å²) in [6, 6.07) is 12.0. The second-order valence-electron chi connectivity index (χ2n) is 4.66. The SMILES string of the molecule is Cc1ccc(SCCS(=O)(=O)c2ccc(Cl)cc2)c(N)c1. The van der Waals surface area contributed by atoms with Crippen LogP contribution in [0.4, 0.5) is 5.69 Å². The minimum absolute atomic E-state index is 0.0621. The molecular weight excluding hydrogens is 326 g/mol. The lowest BCUT2D eigenvalue weighted by atomic mass is 10.2. The summed E-state index contributed by atoms with van der Waals surface area (Å²) in [5.41, 5.74) is 7.69. The van der Waals surface area contributed by atoms with Crippen molar-refractivity contribution in [1.82, 2.24) is 0 Å². The van der Waals surface area contributed by atoms with Crippen molar-refractivity contribution in [2.45, 2.75) is 16.7 Å². The molecule has 0 unspecified atom stereocenters. The van der Waals surface area contributed by atoms with Gasteiger partial charge in [0.1, 0.15) is 0 Å². The van der Waals surface area contributed by atoms with Crippen LogP contribution in [0, 0.1) is 6.92 Å². The van der Waals surface area contributed by atoms with Crippen LogP contribution in [0.1, 0.15) is 5.56 Å². The molecule has 3 nitrogen and oxygen atoms in total. The third-order valence-corrected chi connectivity index (χ3v) is 6.28. The Balaban J connectivity index is 2.00. The van der Waals surface area contributed by atoms with Crippen LogP contribution in [0.2, 0.25) is 5.02 Å². The van der Waals surface area contributed by atoms with Gasteiger partial charge in [-0.2, -0.15) is 0 Å². The molecule has 0 radical (unpaired) electrons. The highest BCUT2D eigenvalue weighted by molar-refractivity contribution is 8.00. The molecule has 0 fully saturated rings. The first-order valence-corrected chi connectivity index (χ1v) is 9.37. The molecule has 0 atom stereocenters. The molecule has 0 spiro atoms. The monoisotopic (exact) mass is 341 g/mol. The van der Waals surface area contributed by atoms with Crippen LogP contribution in [0.3, 0.4) is 0 Å². The van der Waals surface area contributed by atoms with E-state index >= 15 is 0 Å². The minimum atomic E-state index is -3.29. The van der Waals surface area contributed by atoms with Crippen molar-refractivity contribution in [2.75, 3.05) is 17.2 Å². The number of anilines is 1. The van der Waals surface area contributed by atoms with Gasteiger partial charge in [0.25, 0.3) is 0 Å². The number of rotatable bonds is 5. The fourth-order valence-electron chi connectivity index (χ4n) is 1.82. The number of hydrogen-bond donors (Lipinski definition) is 1. The third-order valence-electron chi connectivity index (χ3n) is 2.95. The van der Waals surface area contributed by atoms with Crippen LogP contribution in [0.5, 0.6) is 0 Å². The predicted octanol–water partition coefficient (Wildman–Crippen LogP) is 3.80. The van der Waals surface area contributed by atoms with Crippen molar-refractivity contribution in [1.29, 1.82) is 0 Å². The Hall–Kier alpha value is -1.17. The van der Waals surface area contributed by atoms with E-state index in [0.717, 1.165) is 10.5 Å². The van der Waals surface area contributed by atoms with Crippen molar-refractivity contribution in [3.05, 3.63) is 53.1 Å². The Morgan fingerprint density at radius 1 is 1.14 bits per heavy atom. The molecule has 112 valence electrons. The van der Waals surface area contributed by atoms with E-state index in [1.54, 1.807) is 12.1 Å². The highest BCUT2D eigenvalue weighted by Crippen LogP contribution is 2.26. The van der Waals surface area contributed by atoms with Gasteiger partial charge in [-0.25, -0.2) is 8.42 Å². The van der Waals surface area contributed by atoms with E-state index in [4.69, 9.17) is 17.3 Å². The lowest BCUT2D eigenvalue weighted by Gasteiger charge is -2.07. The summed E-state index contributed by atoms with van der Waals surface area (Å²) < 4.78 is 24.4. The Morgan fingerprint density at radius 2 is 1.81 bits per heavy atom. The fourth-order valence-corrected chi connectivity index (χ4v) is 4.55. The first-order valence-electron chi connectivity index (χ1n) is 6.36. The maximum atomic E-state index is 12.2. The van der Waals surface area contributed by atoms with Gasteiger partial charge >= 0.3 is 0 Å². The number of aryl methyl sites for hydroxylation is 1. The van der Waals surface area contributed by atoms with E-state index in [2.05, 4.69) is 0 Å².